The van der Waals surface area contributed by atoms with Crippen LogP contribution < -0.4 is 5.73 Å². The zero-order valence-electron chi connectivity index (χ0n) is 10.6. The number of rotatable bonds is 2. The Morgan fingerprint density at radius 2 is 2.21 bits per heavy atom. The minimum Gasteiger partial charge on any atom is -0.444 e. The first-order valence-electron chi connectivity index (χ1n) is 5.91. The van der Waals surface area contributed by atoms with E-state index in [9.17, 15) is 0 Å². The Balaban J connectivity index is 2.16. The second-order valence-electron chi connectivity index (χ2n) is 4.46. The van der Waals surface area contributed by atoms with Crippen molar-refractivity contribution in [2.24, 2.45) is 0 Å². The highest BCUT2D eigenvalue weighted by Crippen LogP contribution is 2.27. The van der Waals surface area contributed by atoms with Gasteiger partial charge >= 0.3 is 0 Å². The van der Waals surface area contributed by atoms with Crippen LogP contribution >= 0.6 is 22.6 Å². The molecule has 3 aromatic rings. The average molecular weight is 368 g/mol. The quantitative estimate of drug-likeness (QED) is 0.706. The third kappa shape index (κ3) is 2.09. The maximum atomic E-state index is 6.03. The number of fused-ring (bicyclic) bond motifs is 1. The van der Waals surface area contributed by atoms with Crippen LogP contribution in [0, 0.1) is 10.5 Å². The lowest BCUT2D eigenvalue weighted by atomic mass is 10.3. The normalized spacial score (nSPS) is 13.0. The SMILES string of the molecule is Cc1cnc(C(C)n2c(N)nc3cc(I)ccc32)o1. The number of aromatic nitrogens is 3. The average Bonchev–Trinajstić information content (AvgIpc) is 2.91. The van der Waals surface area contributed by atoms with Gasteiger partial charge in [-0.15, -0.1) is 0 Å². The van der Waals surface area contributed by atoms with E-state index in [1.807, 2.05) is 36.6 Å². The highest BCUT2D eigenvalue weighted by Gasteiger charge is 2.19. The number of hydrogen-bond donors (Lipinski definition) is 1. The van der Waals surface area contributed by atoms with Gasteiger partial charge in [0.2, 0.25) is 11.8 Å². The van der Waals surface area contributed by atoms with Crippen molar-refractivity contribution in [3.63, 3.8) is 0 Å². The Morgan fingerprint density at radius 3 is 2.89 bits per heavy atom. The fraction of sp³-hybridized carbons (Fsp3) is 0.231. The maximum Gasteiger partial charge on any atom is 0.217 e. The largest absolute Gasteiger partial charge is 0.444 e. The van der Waals surface area contributed by atoms with Crippen LogP contribution in [0.4, 0.5) is 5.95 Å². The summed E-state index contributed by atoms with van der Waals surface area (Å²) >= 11 is 2.26. The van der Waals surface area contributed by atoms with Crippen molar-refractivity contribution in [3.8, 4) is 0 Å². The Bertz CT molecular complexity index is 746. The Hall–Kier alpha value is -1.57. The molecule has 0 bridgehead atoms. The van der Waals surface area contributed by atoms with Crippen molar-refractivity contribution >= 4 is 39.6 Å². The summed E-state index contributed by atoms with van der Waals surface area (Å²) in [6.07, 6.45) is 1.71. The monoisotopic (exact) mass is 368 g/mol. The van der Waals surface area contributed by atoms with Crippen molar-refractivity contribution in [1.29, 1.82) is 0 Å². The summed E-state index contributed by atoms with van der Waals surface area (Å²) in [5.74, 6) is 1.90. The minimum atomic E-state index is -0.0845. The van der Waals surface area contributed by atoms with Crippen molar-refractivity contribution in [3.05, 3.63) is 39.6 Å². The molecule has 0 aliphatic rings. The highest BCUT2D eigenvalue weighted by molar-refractivity contribution is 14.1. The predicted octanol–water partition coefficient (Wildman–Crippen LogP) is 3.13. The van der Waals surface area contributed by atoms with E-state index in [0.29, 0.717) is 11.8 Å². The van der Waals surface area contributed by atoms with E-state index in [-0.39, 0.29) is 6.04 Å². The molecule has 2 aromatic heterocycles. The van der Waals surface area contributed by atoms with Gasteiger partial charge in [0.05, 0.1) is 17.2 Å². The van der Waals surface area contributed by atoms with Crippen molar-refractivity contribution < 1.29 is 4.42 Å². The summed E-state index contributed by atoms with van der Waals surface area (Å²) in [6.45, 7) is 3.88. The molecule has 0 saturated heterocycles. The number of halogens is 1. The fourth-order valence-electron chi connectivity index (χ4n) is 2.17. The molecule has 2 N–H and O–H groups in total. The summed E-state index contributed by atoms with van der Waals surface area (Å²) in [6, 6.07) is 5.98. The van der Waals surface area contributed by atoms with Crippen LogP contribution in [0.15, 0.2) is 28.8 Å². The number of benzene rings is 1. The van der Waals surface area contributed by atoms with Crippen LogP contribution in [-0.4, -0.2) is 14.5 Å². The second-order valence-corrected chi connectivity index (χ2v) is 5.70. The van der Waals surface area contributed by atoms with Crippen LogP contribution in [0.3, 0.4) is 0 Å². The molecule has 19 heavy (non-hydrogen) atoms. The molecular weight excluding hydrogens is 355 g/mol. The number of anilines is 1. The molecule has 5 nitrogen and oxygen atoms in total. The third-order valence-electron chi connectivity index (χ3n) is 3.06. The molecule has 2 heterocycles. The predicted molar refractivity (Wildman–Crippen MR) is 81.9 cm³/mol. The van der Waals surface area contributed by atoms with Crippen LogP contribution in [0.2, 0.25) is 0 Å². The summed E-state index contributed by atoms with van der Waals surface area (Å²) in [4.78, 5) is 8.66. The number of oxazole rings is 1. The number of aryl methyl sites for hydroxylation is 1. The molecule has 1 aromatic carbocycles. The van der Waals surface area contributed by atoms with Crippen LogP contribution in [0.5, 0.6) is 0 Å². The summed E-state index contributed by atoms with van der Waals surface area (Å²) in [5.41, 5.74) is 7.90. The molecule has 98 valence electrons. The van der Waals surface area contributed by atoms with Gasteiger partial charge in [-0.1, -0.05) is 0 Å². The maximum absolute atomic E-state index is 6.03. The molecular formula is C13H13IN4O. The number of imidazole rings is 1. The van der Waals surface area contributed by atoms with E-state index < -0.39 is 0 Å². The molecule has 0 fully saturated rings. The van der Waals surface area contributed by atoms with Crippen LogP contribution in [0.1, 0.15) is 24.6 Å². The Kier molecular flexibility index (Phi) is 2.96. The molecule has 0 radical (unpaired) electrons. The van der Waals surface area contributed by atoms with Crippen LogP contribution in [0.25, 0.3) is 11.0 Å². The minimum absolute atomic E-state index is 0.0845. The van der Waals surface area contributed by atoms with Gasteiger partial charge < -0.3 is 10.2 Å². The summed E-state index contributed by atoms with van der Waals surface area (Å²) < 4.78 is 8.65. The van der Waals surface area contributed by atoms with E-state index in [4.69, 9.17) is 10.2 Å². The molecule has 1 atom stereocenters. The lowest BCUT2D eigenvalue weighted by molar-refractivity contribution is 0.421. The van der Waals surface area contributed by atoms with Crippen molar-refractivity contribution in [1.82, 2.24) is 14.5 Å². The van der Waals surface area contributed by atoms with Gasteiger partial charge in [-0.25, -0.2) is 9.97 Å². The fourth-order valence-corrected chi connectivity index (χ4v) is 2.65. The van der Waals surface area contributed by atoms with E-state index in [2.05, 4.69) is 32.6 Å². The van der Waals surface area contributed by atoms with Crippen LogP contribution in [-0.2, 0) is 0 Å². The lowest BCUT2D eigenvalue weighted by Gasteiger charge is -2.12. The highest BCUT2D eigenvalue weighted by atomic mass is 127. The number of nitrogens with zero attached hydrogens (tertiary/aromatic N) is 3. The lowest BCUT2D eigenvalue weighted by Crippen LogP contribution is -2.10. The van der Waals surface area contributed by atoms with Gasteiger partial charge in [0.25, 0.3) is 0 Å². The number of hydrogen-bond acceptors (Lipinski definition) is 4. The van der Waals surface area contributed by atoms with Gasteiger partial charge in [-0.2, -0.15) is 0 Å². The number of nitrogens with two attached hydrogens (primary N) is 1. The topological polar surface area (TPSA) is 69.9 Å². The smallest absolute Gasteiger partial charge is 0.217 e. The van der Waals surface area contributed by atoms with E-state index in [1.54, 1.807) is 6.20 Å². The van der Waals surface area contributed by atoms with Gasteiger partial charge in [-0.3, -0.25) is 4.57 Å². The van der Waals surface area contributed by atoms with Crippen molar-refractivity contribution in [2.45, 2.75) is 19.9 Å². The van der Waals surface area contributed by atoms with Gasteiger partial charge in [0.1, 0.15) is 11.8 Å². The zero-order chi connectivity index (χ0) is 13.6. The molecule has 1 unspecified atom stereocenters. The molecule has 3 rings (SSSR count). The summed E-state index contributed by atoms with van der Waals surface area (Å²) in [5, 5.41) is 0. The zero-order valence-corrected chi connectivity index (χ0v) is 12.7. The molecule has 0 amide bonds. The van der Waals surface area contributed by atoms with Gasteiger partial charge in [0, 0.05) is 3.57 Å². The third-order valence-corrected chi connectivity index (χ3v) is 3.73. The Labute approximate surface area is 124 Å². The first-order chi connectivity index (χ1) is 9.06. The standard InChI is InChI=1S/C13H13IN4O/c1-7-6-16-12(19-7)8(2)18-11-4-3-9(14)5-10(11)17-13(18)15/h3-6,8H,1-2H3,(H2,15,17). The molecule has 0 aliphatic heterocycles. The first-order valence-corrected chi connectivity index (χ1v) is 6.99. The van der Waals surface area contributed by atoms with Crippen molar-refractivity contribution in [2.75, 3.05) is 5.73 Å². The number of nitrogen functional groups attached to an aromatic ring is 1. The molecule has 0 aliphatic carbocycles. The molecule has 0 spiro atoms. The van der Waals surface area contributed by atoms with E-state index >= 15 is 0 Å². The molecule has 6 heteroatoms. The first kappa shape index (κ1) is 12.5. The molecule has 0 saturated carbocycles. The van der Waals surface area contributed by atoms with Gasteiger partial charge in [0.15, 0.2) is 0 Å². The van der Waals surface area contributed by atoms with Gasteiger partial charge in [-0.05, 0) is 54.6 Å². The Morgan fingerprint density at radius 1 is 1.42 bits per heavy atom. The van der Waals surface area contributed by atoms with E-state index in [0.717, 1.165) is 20.4 Å². The van der Waals surface area contributed by atoms with E-state index in [1.165, 1.54) is 0 Å². The second kappa shape index (κ2) is 4.52. The summed E-state index contributed by atoms with van der Waals surface area (Å²) in [7, 11) is 0.